The largest absolute Gasteiger partial charge is 0.394 e. The molecular weight excluding hydrogens is 218 g/mol. The van der Waals surface area contributed by atoms with E-state index in [2.05, 4.69) is 0 Å². The standard InChI is InChI=1S/C13H25NO3/c1-16-11-3-2-4-12(7-11)17-9-13(14,8-15)10-5-6-10/h10-12,15H,2-9,14H2,1H3. The Labute approximate surface area is 103 Å². The molecule has 0 aromatic rings. The number of methoxy groups -OCH3 is 1. The van der Waals surface area contributed by atoms with Crippen molar-refractivity contribution in [3.63, 3.8) is 0 Å². The van der Waals surface area contributed by atoms with Gasteiger partial charge in [0.1, 0.15) is 0 Å². The molecule has 0 aromatic heterocycles. The molecule has 0 aliphatic heterocycles. The number of nitrogens with two attached hydrogens (primary N) is 1. The van der Waals surface area contributed by atoms with Gasteiger partial charge < -0.3 is 20.3 Å². The van der Waals surface area contributed by atoms with Crippen LogP contribution in [0.5, 0.6) is 0 Å². The summed E-state index contributed by atoms with van der Waals surface area (Å²) in [4.78, 5) is 0. The van der Waals surface area contributed by atoms with Gasteiger partial charge in [0, 0.05) is 7.11 Å². The summed E-state index contributed by atoms with van der Waals surface area (Å²) in [5.74, 6) is 0.453. The summed E-state index contributed by atoms with van der Waals surface area (Å²) in [6, 6.07) is 0. The molecule has 2 rings (SSSR count). The first-order chi connectivity index (χ1) is 8.18. The van der Waals surface area contributed by atoms with Gasteiger partial charge in [0.05, 0.1) is 31.0 Å². The normalized spacial score (nSPS) is 33.4. The van der Waals surface area contributed by atoms with Gasteiger partial charge in [-0.2, -0.15) is 0 Å². The van der Waals surface area contributed by atoms with E-state index in [-0.39, 0.29) is 12.7 Å². The second-order valence-electron chi connectivity index (χ2n) is 5.62. The minimum atomic E-state index is -0.514. The van der Waals surface area contributed by atoms with Gasteiger partial charge in [-0.15, -0.1) is 0 Å². The highest BCUT2D eigenvalue weighted by Crippen LogP contribution is 2.38. The van der Waals surface area contributed by atoms with E-state index in [1.807, 2.05) is 0 Å². The van der Waals surface area contributed by atoms with Gasteiger partial charge in [-0.3, -0.25) is 0 Å². The predicted molar refractivity (Wildman–Crippen MR) is 65.7 cm³/mol. The SMILES string of the molecule is COC1CCCC(OCC(N)(CO)C2CC2)C1. The zero-order valence-corrected chi connectivity index (χ0v) is 10.7. The number of aliphatic hydroxyl groups is 1. The number of aliphatic hydroxyl groups excluding tert-OH is 1. The maximum Gasteiger partial charge on any atom is 0.0675 e. The van der Waals surface area contributed by atoms with E-state index in [0.717, 1.165) is 38.5 Å². The molecule has 0 amide bonds. The molecule has 17 heavy (non-hydrogen) atoms. The molecule has 2 fully saturated rings. The van der Waals surface area contributed by atoms with Crippen molar-refractivity contribution in [3.05, 3.63) is 0 Å². The second-order valence-corrected chi connectivity index (χ2v) is 5.62. The van der Waals surface area contributed by atoms with Crippen LogP contribution in [0, 0.1) is 5.92 Å². The molecule has 0 aromatic carbocycles. The van der Waals surface area contributed by atoms with Crippen molar-refractivity contribution in [3.8, 4) is 0 Å². The van der Waals surface area contributed by atoms with Crippen molar-refractivity contribution in [2.45, 2.75) is 56.3 Å². The van der Waals surface area contributed by atoms with E-state index in [4.69, 9.17) is 15.2 Å². The summed E-state index contributed by atoms with van der Waals surface area (Å²) in [5.41, 5.74) is 5.67. The highest BCUT2D eigenvalue weighted by atomic mass is 16.5. The van der Waals surface area contributed by atoms with E-state index >= 15 is 0 Å². The fourth-order valence-electron chi connectivity index (χ4n) is 2.69. The zero-order valence-electron chi connectivity index (χ0n) is 10.7. The molecule has 3 unspecified atom stereocenters. The number of ether oxygens (including phenoxy) is 2. The molecular formula is C13H25NO3. The Balaban J connectivity index is 1.76. The van der Waals surface area contributed by atoms with Gasteiger partial charge in [0.2, 0.25) is 0 Å². The number of hydrogen-bond acceptors (Lipinski definition) is 4. The fourth-order valence-corrected chi connectivity index (χ4v) is 2.69. The minimum absolute atomic E-state index is 0.0259. The van der Waals surface area contributed by atoms with Gasteiger partial charge in [0.15, 0.2) is 0 Å². The summed E-state index contributed by atoms with van der Waals surface area (Å²) in [7, 11) is 1.76. The van der Waals surface area contributed by atoms with Crippen molar-refractivity contribution < 1.29 is 14.6 Å². The van der Waals surface area contributed by atoms with Gasteiger partial charge in [-0.1, -0.05) is 0 Å². The van der Waals surface area contributed by atoms with E-state index in [1.54, 1.807) is 7.11 Å². The molecule has 4 heteroatoms. The highest BCUT2D eigenvalue weighted by molar-refractivity contribution is 4.98. The first kappa shape index (κ1) is 13.3. The van der Waals surface area contributed by atoms with Crippen LogP contribution in [0.3, 0.4) is 0 Å². The molecule has 4 nitrogen and oxygen atoms in total. The quantitative estimate of drug-likeness (QED) is 0.732. The Morgan fingerprint density at radius 1 is 1.24 bits per heavy atom. The number of hydrogen-bond donors (Lipinski definition) is 2. The predicted octanol–water partition coefficient (Wildman–Crippen LogP) is 1.06. The third-order valence-corrected chi connectivity index (χ3v) is 4.18. The molecule has 100 valence electrons. The molecule has 2 aliphatic carbocycles. The van der Waals surface area contributed by atoms with Gasteiger partial charge in [-0.05, 0) is 44.4 Å². The maximum atomic E-state index is 9.39. The van der Waals surface area contributed by atoms with Crippen molar-refractivity contribution in [2.24, 2.45) is 11.7 Å². The molecule has 0 spiro atoms. The maximum absolute atomic E-state index is 9.39. The molecule has 0 saturated heterocycles. The second kappa shape index (κ2) is 5.65. The Morgan fingerprint density at radius 2 is 1.94 bits per heavy atom. The van der Waals surface area contributed by atoms with Crippen LogP contribution in [0.4, 0.5) is 0 Å². The minimum Gasteiger partial charge on any atom is -0.394 e. The van der Waals surface area contributed by atoms with E-state index in [9.17, 15) is 5.11 Å². The molecule has 0 bridgehead atoms. The summed E-state index contributed by atoms with van der Waals surface area (Å²) in [6.07, 6.45) is 7.18. The summed E-state index contributed by atoms with van der Waals surface area (Å²) >= 11 is 0. The lowest BCUT2D eigenvalue weighted by Gasteiger charge is -2.33. The van der Waals surface area contributed by atoms with Crippen LogP contribution < -0.4 is 5.73 Å². The summed E-state index contributed by atoms with van der Waals surface area (Å²) in [6.45, 7) is 0.507. The lowest BCUT2D eigenvalue weighted by molar-refractivity contribution is -0.0537. The van der Waals surface area contributed by atoms with Crippen molar-refractivity contribution in [2.75, 3.05) is 20.3 Å². The van der Waals surface area contributed by atoms with E-state index in [0.29, 0.717) is 18.6 Å². The molecule has 0 heterocycles. The highest BCUT2D eigenvalue weighted by Gasteiger charge is 2.42. The smallest absolute Gasteiger partial charge is 0.0675 e. The fraction of sp³-hybridized carbons (Fsp3) is 1.00. The van der Waals surface area contributed by atoms with Crippen LogP contribution in [0.1, 0.15) is 38.5 Å². The first-order valence-corrected chi connectivity index (χ1v) is 6.72. The monoisotopic (exact) mass is 243 g/mol. The lowest BCUT2D eigenvalue weighted by Crippen LogP contribution is -2.51. The van der Waals surface area contributed by atoms with Gasteiger partial charge >= 0.3 is 0 Å². The van der Waals surface area contributed by atoms with E-state index < -0.39 is 5.54 Å². The molecule has 0 radical (unpaired) electrons. The summed E-state index contributed by atoms with van der Waals surface area (Å²) < 4.78 is 11.3. The summed E-state index contributed by atoms with van der Waals surface area (Å²) in [5, 5.41) is 9.39. The van der Waals surface area contributed by atoms with Gasteiger partial charge in [0.25, 0.3) is 0 Å². The van der Waals surface area contributed by atoms with Crippen molar-refractivity contribution >= 4 is 0 Å². The Hall–Kier alpha value is -0.160. The Bertz CT molecular complexity index is 245. The van der Waals surface area contributed by atoms with Crippen LogP contribution in [0.2, 0.25) is 0 Å². The lowest BCUT2D eigenvalue weighted by atomic mass is 9.93. The van der Waals surface area contributed by atoms with Crippen LogP contribution in [0.25, 0.3) is 0 Å². The van der Waals surface area contributed by atoms with Crippen LogP contribution in [0.15, 0.2) is 0 Å². The molecule has 2 saturated carbocycles. The first-order valence-electron chi connectivity index (χ1n) is 6.72. The Kier molecular flexibility index (Phi) is 4.42. The van der Waals surface area contributed by atoms with Crippen LogP contribution >= 0.6 is 0 Å². The van der Waals surface area contributed by atoms with Crippen LogP contribution in [-0.2, 0) is 9.47 Å². The topological polar surface area (TPSA) is 64.7 Å². The van der Waals surface area contributed by atoms with Crippen molar-refractivity contribution in [1.82, 2.24) is 0 Å². The van der Waals surface area contributed by atoms with E-state index in [1.165, 1.54) is 0 Å². The third kappa shape index (κ3) is 3.41. The van der Waals surface area contributed by atoms with Crippen LogP contribution in [-0.4, -0.2) is 43.2 Å². The third-order valence-electron chi connectivity index (χ3n) is 4.18. The number of rotatable bonds is 6. The molecule has 2 aliphatic rings. The molecule has 3 N–H and O–H groups in total. The average molecular weight is 243 g/mol. The zero-order chi connectivity index (χ0) is 12.3. The van der Waals surface area contributed by atoms with Gasteiger partial charge in [-0.25, -0.2) is 0 Å². The van der Waals surface area contributed by atoms with Crippen molar-refractivity contribution in [1.29, 1.82) is 0 Å². The Morgan fingerprint density at radius 3 is 2.53 bits per heavy atom. The molecule has 3 atom stereocenters. The average Bonchev–Trinajstić information content (AvgIpc) is 3.21.